The van der Waals surface area contributed by atoms with Crippen LogP contribution in [0.25, 0.3) is 0 Å². The van der Waals surface area contributed by atoms with Gasteiger partial charge in [0.25, 0.3) is 11.4 Å². The number of hydrogen-bond acceptors (Lipinski definition) is 8. The average Bonchev–Trinajstić information content (AvgIpc) is 2.95. The molecule has 0 aliphatic heterocycles. The number of nitrogens with two attached hydrogens (primary N) is 1. The molecule has 3 aromatic rings. The zero-order chi connectivity index (χ0) is 36.1. The predicted octanol–water partition coefficient (Wildman–Crippen LogP) is 5.64. The number of nitrogens with zero attached hydrogens (tertiary/aromatic N) is 5. The fraction of sp³-hybridized carbons (Fsp3) is 0.273. The third-order valence-electron chi connectivity index (χ3n) is 4.92. The van der Waals surface area contributed by atoms with Crippen LogP contribution in [-0.2, 0) is 19.5 Å². The molecule has 0 radical (unpaired) electrons. The van der Waals surface area contributed by atoms with Gasteiger partial charge in [0, 0.05) is 37.3 Å². The van der Waals surface area contributed by atoms with Crippen molar-refractivity contribution in [2.24, 2.45) is 0 Å². The van der Waals surface area contributed by atoms with Crippen LogP contribution in [0.15, 0.2) is 59.1 Å². The molecule has 252 valence electrons. The van der Waals surface area contributed by atoms with E-state index in [0.717, 1.165) is 42.9 Å². The second-order valence-corrected chi connectivity index (χ2v) is 10.9. The quantitative estimate of drug-likeness (QED) is 0.116. The Morgan fingerprint density at radius 1 is 0.708 bits per heavy atom. The van der Waals surface area contributed by atoms with Gasteiger partial charge in [0.05, 0.1) is 39.5 Å². The van der Waals surface area contributed by atoms with E-state index in [0.29, 0.717) is 24.3 Å². The van der Waals surface area contributed by atoms with Gasteiger partial charge in [-0.25, -0.2) is 13.2 Å². The molecule has 0 atom stereocenters. The van der Waals surface area contributed by atoms with Crippen molar-refractivity contribution in [3.63, 3.8) is 0 Å². The number of halogens is 4. The molecule has 3 rings (SSSR count). The summed E-state index contributed by atoms with van der Waals surface area (Å²) >= 11 is 2.87. The van der Waals surface area contributed by atoms with Gasteiger partial charge in [0.1, 0.15) is 23.0 Å². The summed E-state index contributed by atoms with van der Waals surface area (Å²) in [6.45, 7) is 1.84. The molecule has 0 aliphatic rings. The van der Waals surface area contributed by atoms with Gasteiger partial charge in [-0.1, -0.05) is 29.6 Å². The number of nitro benzene ring substituents is 2. The van der Waals surface area contributed by atoms with Gasteiger partial charge in [-0.2, -0.15) is 0 Å². The van der Waals surface area contributed by atoms with Crippen molar-refractivity contribution < 1.29 is 42.5 Å². The van der Waals surface area contributed by atoms with Crippen molar-refractivity contribution in [3.8, 4) is 36.0 Å². The summed E-state index contributed by atoms with van der Waals surface area (Å²) in [6, 6.07) is 10.6. The summed E-state index contributed by atoms with van der Waals surface area (Å²) in [4.78, 5) is 25.4. The van der Waals surface area contributed by atoms with E-state index in [1.165, 1.54) is 18.2 Å². The molecule has 0 saturated heterocycles. The van der Waals surface area contributed by atoms with E-state index >= 15 is 0 Å². The molecule has 3 aromatic carbocycles. The van der Waals surface area contributed by atoms with Crippen LogP contribution < -0.4 is 5.73 Å². The maximum absolute atomic E-state index is 12.9. The van der Waals surface area contributed by atoms with Crippen LogP contribution in [0, 0.1) is 73.7 Å². The van der Waals surface area contributed by atoms with Crippen molar-refractivity contribution in [3.05, 3.63) is 108 Å². The zero-order valence-electron chi connectivity index (χ0n) is 27.6. The standard InChI is InChI=1S/C11H11FN2O2.C11H13FN2.C6H3BrFNO2.C5H9N.Zn/c1-13(2)7-3-4-9-8-10(12)5-6-11(9)14(15)16;1-14(2)7-3-4-9-8-10(12)5-6-11(9)13;7-5-3-4(8)1-2-6(5)9(10)11;1-4-5-6(2)3;/h5-6,8H,7H2,1-2H3;5-6,8H,7,13H2,1-2H3;1-3H;1H,5H2,2-3H3;. The molecule has 48 heavy (non-hydrogen) atoms. The molecule has 0 spiro atoms. The number of rotatable bonds is 5. The Kier molecular flexibility index (Phi) is 23.7. The minimum Gasteiger partial charge on any atom is -0.398 e. The molecule has 2 N–H and O–H groups in total. The summed E-state index contributed by atoms with van der Waals surface area (Å²) in [6.07, 6.45) is 4.94. The Morgan fingerprint density at radius 2 is 1.10 bits per heavy atom. The van der Waals surface area contributed by atoms with Gasteiger partial charge in [0.2, 0.25) is 0 Å². The molecule has 0 fully saturated rings. The van der Waals surface area contributed by atoms with E-state index in [9.17, 15) is 33.4 Å². The third-order valence-corrected chi connectivity index (χ3v) is 5.56. The molecule has 0 aromatic heterocycles. The van der Waals surface area contributed by atoms with Crippen LogP contribution in [0.5, 0.6) is 0 Å². The molecule has 10 nitrogen and oxygen atoms in total. The molecule has 0 aliphatic carbocycles. The van der Waals surface area contributed by atoms with E-state index in [-0.39, 0.29) is 46.7 Å². The van der Waals surface area contributed by atoms with Gasteiger partial charge in [0.15, 0.2) is 0 Å². The molecule has 0 bridgehead atoms. The summed E-state index contributed by atoms with van der Waals surface area (Å²) in [5.41, 5.74) is 6.48. The van der Waals surface area contributed by atoms with Crippen LogP contribution in [0.4, 0.5) is 30.2 Å². The second-order valence-electron chi connectivity index (χ2n) is 10.0. The first-order chi connectivity index (χ1) is 22.0. The van der Waals surface area contributed by atoms with Crippen molar-refractivity contribution in [2.45, 2.75) is 0 Å². The number of nitro groups is 2. The molecule has 0 heterocycles. The van der Waals surface area contributed by atoms with E-state index in [4.69, 9.17) is 12.2 Å². The SMILES string of the molecule is C#CCN(C)C.CN(C)CC#Cc1cc(F)ccc1N.CN(C)CC#Cc1cc(F)ccc1[N+](=O)[O-].O=[N+]([O-])c1ccc(F)cc1Br.[Zn]. The first kappa shape index (κ1) is 45.8. The first-order valence-electron chi connectivity index (χ1n) is 13.4. The van der Waals surface area contributed by atoms with Gasteiger partial charge < -0.3 is 5.73 Å². The Morgan fingerprint density at radius 3 is 1.50 bits per heavy atom. The first-order valence-corrected chi connectivity index (χ1v) is 14.2. The van der Waals surface area contributed by atoms with Crippen LogP contribution >= 0.6 is 15.9 Å². The maximum atomic E-state index is 12.9. The predicted molar refractivity (Wildman–Crippen MR) is 183 cm³/mol. The molecule has 15 heteroatoms. The molecule has 0 amide bonds. The monoisotopic (exact) mass is 780 g/mol. The van der Waals surface area contributed by atoms with Crippen molar-refractivity contribution in [2.75, 3.05) is 67.7 Å². The van der Waals surface area contributed by atoms with Crippen LogP contribution in [0.1, 0.15) is 11.1 Å². The van der Waals surface area contributed by atoms with Crippen LogP contribution in [0.3, 0.4) is 0 Å². The number of terminal acetylenes is 1. The summed E-state index contributed by atoms with van der Waals surface area (Å²) in [7, 11) is 11.4. The molecular weight excluding hydrogens is 747 g/mol. The van der Waals surface area contributed by atoms with Gasteiger partial charge in [-0.05, 0) is 101 Å². The number of hydrogen-bond donors (Lipinski definition) is 1. The van der Waals surface area contributed by atoms with Crippen LogP contribution in [0.2, 0.25) is 0 Å². The van der Waals surface area contributed by atoms with Gasteiger partial charge >= 0.3 is 0 Å². The van der Waals surface area contributed by atoms with Crippen molar-refractivity contribution in [1.82, 2.24) is 14.7 Å². The van der Waals surface area contributed by atoms with Crippen molar-refractivity contribution in [1.29, 1.82) is 0 Å². The fourth-order valence-electron chi connectivity index (χ4n) is 2.80. The van der Waals surface area contributed by atoms with Crippen molar-refractivity contribution >= 4 is 33.0 Å². The van der Waals surface area contributed by atoms with E-state index in [2.05, 4.69) is 45.5 Å². The summed E-state index contributed by atoms with van der Waals surface area (Å²) < 4.78 is 38.2. The van der Waals surface area contributed by atoms with E-state index < -0.39 is 21.5 Å². The summed E-state index contributed by atoms with van der Waals surface area (Å²) in [5.74, 6) is 12.2. The number of nitrogen functional groups attached to an aromatic ring is 1. The van der Waals surface area contributed by atoms with Gasteiger partial charge in [-0.15, -0.1) is 6.42 Å². The zero-order valence-corrected chi connectivity index (χ0v) is 32.1. The minimum atomic E-state index is -0.580. The Labute approximate surface area is 300 Å². The molecule has 0 unspecified atom stereocenters. The van der Waals surface area contributed by atoms with E-state index in [1.54, 1.807) is 0 Å². The largest absolute Gasteiger partial charge is 0.398 e. The topological polar surface area (TPSA) is 122 Å². The average molecular weight is 783 g/mol. The Balaban J connectivity index is 0. The fourth-order valence-corrected chi connectivity index (χ4v) is 3.30. The minimum absolute atomic E-state index is 0. The third kappa shape index (κ3) is 20.8. The smallest absolute Gasteiger partial charge is 0.285 e. The Bertz CT molecular complexity index is 1660. The van der Waals surface area contributed by atoms with Gasteiger partial charge in [-0.3, -0.25) is 34.9 Å². The summed E-state index contributed by atoms with van der Waals surface area (Å²) in [5, 5.41) is 20.8. The molecule has 0 saturated carbocycles. The normalized spacial score (nSPS) is 9.33. The maximum Gasteiger partial charge on any atom is 0.285 e. The molecular formula is C33H36BrF3N6O4Zn. The van der Waals surface area contributed by atoms with Crippen LogP contribution in [-0.4, -0.2) is 86.5 Å². The Hall–Kier alpha value is -4.29. The van der Waals surface area contributed by atoms with E-state index in [1.807, 2.05) is 57.0 Å². The number of anilines is 1. The second kappa shape index (κ2) is 24.8. The number of benzene rings is 3.